The van der Waals surface area contributed by atoms with Gasteiger partial charge in [0.15, 0.2) is 5.78 Å². The van der Waals surface area contributed by atoms with E-state index in [0.29, 0.717) is 27.0 Å². The number of aromatic nitrogens is 1. The predicted molar refractivity (Wildman–Crippen MR) is 215 cm³/mol. The molecule has 0 bridgehead atoms. The van der Waals surface area contributed by atoms with Gasteiger partial charge in [0.05, 0.1) is 21.8 Å². The molecule has 0 aliphatic rings. The first-order chi connectivity index (χ1) is 27.1. The van der Waals surface area contributed by atoms with Crippen molar-refractivity contribution in [3.05, 3.63) is 168 Å². The highest BCUT2D eigenvalue weighted by atomic mass is 79.9. The van der Waals surface area contributed by atoms with Crippen molar-refractivity contribution in [1.29, 1.82) is 0 Å². The number of rotatable bonds is 13. The average molecular weight is 930 g/mol. The minimum Gasteiger partial charge on any atom is -0.488 e. The molecule has 0 spiro atoms. The number of nitrogens with zero attached hydrogens (tertiary/aromatic N) is 1. The van der Waals surface area contributed by atoms with Crippen LogP contribution in [0.3, 0.4) is 0 Å². The minimum absolute atomic E-state index is 0.00860. The van der Waals surface area contributed by atoms with Crippen LogP contribution in [0.1, 0.15) is 57.3 Å². The van der Waals surface area contributed by atoms with Crippen LogP contribution in [-0.2, 0) is 18.0 Å². The fraction of sp³-hybridized carbons (Fsp3) is 0.140. The lowest BCUT2D eigenvalue weighted by Gasteiger charge is -2.17. The first kappa shape index (κ1) is 42.9. The fourth-order valence-electron chi connectivity index (χ4n) is 5.59. The Kier molecular flexibility index (Phi) is 14.5. The van der Waals surface area contributed by atoms with Crippen LogP contribution in [0.25, 0.3) is 16.9 Å². The van der Waals surface area contributed by atoms with Crippen molar-refractivity contribution in [3.63, 3.8) is 0 Å². The fourth-order valence-corrected chi connectivity index (χ4v) is 6.52. The van der Waals surface area contributed by atoms with E-state index in [0.717, 1.165) is 34.1 Å². The number of aromatic carboxylic acids is 1. The molecule has 1 N–H and O–H groups in total. The van der Waals surface area contributed by atoms with Crippen molar-refractivity contribution in [3.8, 4) is 28.4 Å². The zero-order chi connectivity index (χ0) is 41.4. The Morgan fingerprint density at radius 3 is 1.84 bits per heavy atom. The van der Waals surface area contributed by atoms with Crippen molar-refractivity contribution in [2.24, 2.45) is 0 Å². The number of carbonyl (C=O) groups is 3. The van der Waals surface area contributed by atoms with Crippen LogP contribution in [0.5, 0.6) is 11.5 Å². The van der Waals surface area contributed by atoms with Gasteiger partial charge >= 0.3 is 5.97 Å². The summed E-state index contributed by atoms with van der Waals surface area (Å²) in [6.07, 6.45) is 0.227. The van der Waals surface area contributed by atoms with Crippen LogP contribution in [-0.4, -0.2) is 27.2 Å². The maximum Gasteiger partial charge on any atom is 0.337 e. The molecule has 7 nitrogen and oxygen atoms in total. The van der Waals surface area contributed by atoms with Crippen LogP contribution in [0, 0.1) is 30.2 Å². The molecule has 5 aromatic carbocycles. The third kappa shape index (κ3) is 11.2. The highest BCUT2D eigenvalue weighted by molar-refractivity contribution is 9.10. The molecule has 0 saturated carbocycles. The monoisotopic (exact) mass is 927 g/mol. The molecule has 0 atom stereocenters. The average Bonchev–Trinajstić information content (AvgIpc) is 3.55. The molecule has 14 heteroatoms. The molecule has 0 aliphatic heterocycles. The van der Waals surface area contributed by atoms with Crippen LogP contribution in [0.15, 0.2) is 112 Å². The number of ketones is 2. The van der Waals surface area contributed by atoms with Gasteiger partial charge in [-0.3, -0.25) is 4.79 Å². The van der Waals surface area contributed by atoms with Crippen LogP contribution in [0.2, 0.25) is 5.02 Å². The zero-order valence-electron chi connectivity index (χ0n) is 30.2. The highest BCUT2D eigenvalue weighted by Gasteiger charge is 2.19. The van der Waals surface area contributed by atoms with Crippen LogP contribution >= 0.6 is 43.5 Å². The van der Waals surface area contributed by atoms with Gasteiger partial charge in [0, 0.05) is 62.0 Å². The molecule has 294 valence electrons. The summed E-state index contributed by atoms with van der Waals surface area (Å²) in [4.78, 5) is 34.9. The van der Waals surface area contributed by atoms with Gasteiger partial charge in [0.1, 0.15) is 53.8 Å². The molecule has 0 saturated heterocycles. The van der Waals surface area contributed by atoms with Gasteiger partial charge in [-0.1, -0.05) is 43.5 Å². The van der Waals surface area contributed by atoms with E-state index in [1.54, 1.807) is 42.5 Å². The summed E-state index contributed by atoms with van der Waals surface area (Å²) in [6, 6.07) is 25.4. The normalized spacial score (nSPS) is 10.8. The summed E-state index contributed by atoms with van der Waals surface area (Å²) in [5.74, 6) is -3.38. The SMILES string of the molecule is CC(=O)CCC(=O)c1cc(Br)ccc1OCc1ccc(F)cc1F.Cc1ccc(-c2cc(Br)ccc2OCc2ccc(F)cc2F)n1-c1ccc(Cl)c(C(=O)O)c1. The number of carboxylic acids is 1. The maximum absolute atomic E-state index is 14.1. The number of hydrogen-bond donors (Lipinski definition) is 1. The topological polar surface area (TPSA) is 94.8 Å². The quantitative estimate of drug-likeness (QED) is 0.0916. The Morgan fingerprint density at radius 2 is 1.26 bits per heavy atom. The standard InChI is InChI=1S/C25H17BrClF2NO3.C18H15BrF2O3/c1-14-2-8-23(30(14)18-6-7-21(27)19(12-18)25(31)32)20-10-16(26)4-9-24(20)33-13-15-3-5-17(28)11-22(15)29;1-11(22)2-6-17(23)15-8-13(19)4-7-18(15)24-10-12-3-5-14(20)9-16(12)21/h2-12H,13H2,1H3,(H,31,32);3-5,7-9H,2,6,10H2,1H3. The second-order valence-electron chi connectivity index (χ2n) is 12.6. The van der Waals surface area contributed by atoms with Crippen molar-refractivity contribution in [1.82, 2.24) is 4.57 Å². The summed E-state index contributed by atoms with van der Waals surface area (Å²) in [5, 5.41) is 9.61. The van der Waals surface area contributed by atoms with Gasteiger partial charge in [-0.05, 0) is 105 Å². The molecule has 0 radical (unpaired) electrons. The van der Waals surface area contributed by atoms with Crippen LogP contribution in [0.4, 0.5) is 17.6 Å². The van der Waals surface area contributed by atoms with E-state index >= 15 is 0 Å². The van der Waals surface area contributed by atoms with Gasteiger partial charge < -0.3 is 23.9 Å². The third-order valence-corrected chi connectivity index (χ3v) is 9.79. The number of halogens is 7. The predicted octanol–water partition coefficient (Wildman–Crippen LogP) is 12.3. The number of carboxylic acid groups (broad SMARTS) is 1. The molecular weight excluding hydrogens is 898 g/mol. The molecule has 0 unspecified atom stereocenters. The lowest BCUT2D eigenvalue weighted by molar-refractivity contribution is -0.117. The zero-order valence-corrected chi connectivity index (χ0v) is 34.2. The number of Topliss-reactive ketones (excluding diaryl/α,β-unsaturated/α-hetero) is 2. The molecule has 6 rings (SSSR count). The van der Waals surface area contributed by atoms with Gasteiger partial charge in [0.25, 0.3) is 0 Å². The van der Waals surface area contributed by atoms with Gasteiger partial charge in [-0.15, -0.1) is 0 Å². The molecule has 6 aromatic rings. The number of carbonyl (C=O) groups excluding carboxylic acids is 2. The Bertz CT molecular complexity index is 2470. The second kappa shape index (κ2) is 19.3. The number of ether oxygens (including phenoxy) is 2. The Labute approximate surface area is 347 Å². The number of hydrogen-bond acceptors (Lipinski definition) is 5. The smallest absolute Gasteiger partial charge is 0.337 e. The van der Waals surface area contributed by atoms with E-state index in [4.69, 9.17) is 21.1 Å². The van der Waals surface area contributed by atoms with Gasteiger partial charge in [-0.2, -0.15) is 0 Å². The summed E-state index contributed by atoms with van der Waals surface area (Å²) in [6.45, 7) is 3.08. The summed E-state index contributed by atoms with van der Waals surface area (Å²) >= 11 is 12.8. The summed E-state index contributed by atoms with van der Waals surface area (Å²) in [7, 11) is 0. The first-order valence-corrected chi connectivity index (χ1v) is 19.0. The molecule has 1 aromatic heterocycles. The Hall–Kier alpha value is -5.24. The lowest BCUT2D eigenvalue weighted by atomic mass is 10.0. The molecule has 0 aliphatic carbocycles. The molecule has 0 fully saturated rings. The highest BCUT2D eigenvalue weighted by Crippen LogP contribution is 2.37. The molecule has 57 heavy (non-hydrogen) atoms. The minimum atomic E-state index is -1.12. The second-order valence-corrected chi connectivity index (χ2v) is 14.9. The van der Waals surface area contributed by atoms with Gasteiger partial charge in [-0.25, -0.2) is 22.4 Å². The van der Waals surface area contributed by atoms with E-state index in [2.05, 4.69) is 31.9 Å². The summed E-state index contributed by atoms with van der Waals surface area (Å²) < 4.78 is 68.7. The lowest BCUT2D eigenvalue weighted by Crippen LogP contribution is -2.07. The van der Waals surface area contributed by atoms with Crippen molar-refractivity contribution < 1.29 is 46.5 Å². The van der Waals surface area contributed by atoms with Crippen molar-refractivity contribution >= 4 is 61.0 Å². The molecule has 1 heterocycles. The van der Waals surface area contributed by atoms with Crippen LogP contribution < -0.4 is 9.47 Å². The van der Waals surface area contributed by atoms with E-state index in [1.165, 1.54) is 31.2 Å². The Balaban J connectivity index is 0.000000230. The number of benzene rings is 5. The Morgan fingerprint density at radius 1 is 0.684 bits per heavy atom. The van der Waals surface area contributed by atoms with Crippen molar-refractivity contribution in [2.45, 2.75) is 39.9 Å². The van der Waals surface area contributed by atoms with Gasteiger partial charge in [0.2, 0.25) is 0 Å². The van der Waals surface area contributed by atoms with E-state index in [-0.39, 0.29) is 65.1 Å². The number of aryl methyl sites for hydroxylation is 1. The largest absolute Gasteiger partial charge is 0.488 e. The first-order valence-electron chi connectivity index (χ1n) is 17.1. The van der Waals surface area contributed by atoms with Crippen molar-refractivity contribution in [2.75, 3.05) is 0 Å². The maximum atomic E-state index is 14.1. The van der Waals surface area contributed by atoms with E-state index in [9.17, 15) is 37.1 Å². The molecule has 0 amide bonds. The van der Waals surface area contributed by atoms with E-state index < -0.39 is 29.2 Å². The molecular formula is C43H32Br2ClF4NO6. The van der Waals surface area contributed by atoms with E-state index in [1.807, 2.05) is 29.7 Å². The third-order valence-electron chi connectivity index (χ3n) is 8.47. The summed E-state index contributed by atoms with van der Waals surface area (Å²) in [5.41, 5.74) is 3.62.